The van der Waals surface area contributed by atoms with Crippen LogP contribution in [0.1, 0.15) is 30.3 Å². The summed E-state index contributed by atoms with van der Waals surface area (Å²) < 4.78 is 10.7. The number of hydrogen-bond acceptors (Lipinski definition) is 6. The second-order valence-electron chi connectivity index (χ2n) is 4.58. The normalized spacial score (nSPS) is 16.7. The van der Waals surface area contributed by atoms with Crippen LogP contribution in [0.15, 0.2) is 22.9 Å². The molecule has 19 heavy (non-hydrogen) atoms. The lowest BCUT2D eigenvalue weighted by atomic mass is 10.00. The molecular weight excluding hydrogens is 244 g/mol. The molecule has 0 atom stereocenters. The van der Waals surface area contributed by atoms with Crippen molar-refractivity contribution in [2.24, 2.45) is 5.73 Å². The molecule has 0 aliphatic carbocycles. The fourth-order valence-electron chi connectivity index (χ4n) is 2.20. The van der Waals surface area contributed by atoms with Crippen molar-refractivity contribution in [2.75, 3.05) is 13.2 Å². The molecule has 6 heteroatoms. The molecule has 2 aromatic heterocycles. The molecule has 0 unspecified atom stereocenters. The molecule has 1 saturated heterocycles. The average Bonchev–Trinajstić information content (AvgIpc) is 2.98. The summed E-state index contributed by atoms with van der Waals surface area (Å²) in [6, 6.07) is 3.72. The molecule has 0 spiro atoms. The van der Waals surface area contributed by atoms with E-state index in [-0.39, 0.29) is 0 Å². The second kappa shape index (κ2) is 5.46. The molecular formula is C13H16N4O2. The second-order valence-corrected chi connectivity index (χ2v) is 4.58. The van der Waals surface area contributed by atoms with Crippen molar-refractivity contribution in [3.05, 3.63) is 29.8 Å². The summed E-state index contributed by atoms with van der Waals surface area (Å²) in [5, 5.41) is 4.08. The molecule has 0 aromatic carbocycles. The number of nitrogens with zero attached hydrogens (tertiary/aromatic N) is 3. The molecule has 1 aliphatic heterocycles. The van der Waals surface area contributed by atoms with Crippen molar-refractivity contribution in [3.63, 3.8) is 0 Å². The summed E-state index contributed by atoms with van der Waals surface area (Å²) in [4.78, 5) is 8.63. The maximum Gasteiger partial charge on any atom is 0.258 e. The van der Waals surface area contributed by atoms with Gasteiger partial charge in [0.25, 0.3) is 5.89 Å². The number of pyridine rings is 1. The van der Waals surface area contributed by atoms with Crippen LogP contribution in [0.3, 0.4) is 0 Å². The smallest absolute Gasteiger partial charge is 0.258 e. The van der Waals surface area contributed by atoms with E-state index in [0.717, 1.165) is 43.1 Å². The summed E-state index contributed by atoms with van der Waals surface area (Å²) in [7, 11) is 0. The van der Waals surface area contributed by atoms with Gasteiger partial charge in [-0.2, -0.15) is 4.98 Å². The first-order valence-electron chi connectivity index (χ1n) is 6.43. The van der Waals surface area contributed by atoms with Crippen LogP contribution in [-0.2, 0) is 11.3 Å². The molecule has 1 aliphatic rings. The van der Waals surface area contributed by atoms with E-state index in [2.05, 4.69) is 15.1 Å². The van der Waals surface area contributed by atoms with Gasteiger partial charge < -0.3 is 15.0 Å². The van der Waals surface area contributed by atoms with Crippen LogP contribution in [0.5, 0.6) is 0 Å². The van der Waals surface area contributed by atoms with Gasteiger partial charge in [-0.3, -0.25) is 4.98 Å². The molecule has 0 amide bonds. The lowest BCUT2D eigenvalue weighted by Crippen LogP contribution is -2.15. The number of ether oxygens (including phenoxy) is 1. The Morgan fingerprint density at radius 3 is 2.95 bits per heavy atom. The SMILES string of the molecule is NCc1cc(-c2nc(C3CCOCC3)no2)ccn1. The summed E-state index contributed by atoms with van der Waals surface area (Å²) in [5.74, 6) is 1.63. The zero-order chi connectivity index (χ0) is 13.1. The Kier molecular flexibility index (Phi) is 3.52. The predicted molar refractivity (Wildman–Crippen MR) is 68.2 cm³/mol. The summed E-state index contributed by atoms with van der Waals surface area (Å²) in [6.07, 6.45) is 3.60. The Bertz CT molecular complexity index is 549. The maximum absolute atomic E-state index is 5.58. The fraction of sp³-hybridized carbons (Fsp3) is 0.462. The topological polar surface area (TPSA) is 87.1 Å². The minimum absolute atomic E-state index is 0.335. The first-order chi connectivity index (χ1) is 9.36. The number of nitrogens with two attached hydrogens (primary N) is 1. The van der Waals surface area contributed by atoms with Crippen molar-refractivity contribution in [1.82, 2.24) is 15.1 Å². The highest BCUT2D eigenvalue weighted by Gasteiger charge is 2.21. The number of aromatic nitrogens is 3. The molecule has 0 saturated carbocycles. The predicted octanol–water partition coefficient (Wildman–Crippen LogP) is 1.48. The highest BCUT2D eigenvalue weighted by Crippen LogP contribution is 2.26. The van der Waals surface area contributed by atoms with E-state index < -0.39 is 0 Å². The van der Waals surface area contributed by atoms with E-state index in [4.69, 9.17) is 15.0 Å². The summed E-state index contributed by atoms with van der Waals surface area (Å²) in [6.45, 7) is 1.93. The average molecular weight is 260 g/mol. The molecule has 3 rings (SSSR count). The standard InChI is InChI=1S/C13H16N4O2/c14-8-11-7-10(1-4-15-11)13-16-12(17-19-13)9-2-5-18-6-3-9/h1,4,7,9H,2-3,5-6,8,14H2. The summed E-state index contributed by atoms with van der Waals surface area (Å²) >= 11 is 0. The van der Waals surface area contributed by atoms with Crippen molar-refractivity contribution in [1.29, 1.82) is 0 Å². The van der Waals surface area contributed by atoms with E-state index in [9.17, 15) is 0 Å². The third-order valence-corrected chi connectivity index (χ3v) is 3.30. The van der Waals surface area contributed by atoms with Crippen molar-refractivity contribution in [2.45, 2.75) is 25.3 Å². The Morgan fingerprint density at radius 2 is 2.16 bits per heavy atom. The highest BCUT2D eigenvalue weighted by molar-refractivity contribution is 5.52. The van der Waals surface area contributed by atoms with E-state index in [1.165, 1.54) is 0 Å². The Morgan fingerprint density at radius 1 is 1.32 bits per heavy atom. The minimum atomic E-state index is 0.335. The molecule has 100 valence electrons. The first kappa shape index (κ1) is 12.3. The van der Waals surface area contributed by atoms with Crippen LogP contribution in [0.2, 0.25) is 0 Å². The molecule has 2 aromatic rings. The molecule has 0 bridgehead atoms. The van der Waals surface area contributed by atoms with Gasteiger partial charge in [0, 0.05) is 37.4 Å². The van der Waals surface area contributed by atoms with Gasteiger partial charge in [-0.05, 0) is 25.0 Å². The van der Waals surface area contributed by atoms with Gasteiger partial charge in [0.15, 0.2) is 5.82 Å². The van der Waals surface area contributed by atoms with Crippen LogP contribution in [0, 0.1) is 0 Å². The fourth-order valence-corrected chi connectivity index (χ4v) is 2.20. The van der Waals surface area contributed by atoms with Gasteiger partial charge >= 0.3 is 0 Å². The summed E-state index contributed by atoms with van der Waals surface area (Å²) in [5.41, 5.74) is 7.25. The van der Waals surface area contributed by atoms with E-state index in [1.54, 1.807) is 6.20 Å². The van der Waals surface area contributed by atoms with Crippen LogP contribution in [0.25, 0.3) is 11.5 Å². The largest absolute Gasteiger partial charge is 0.381 e. The lowest BCUT2D eigenvalue weighted by molar-refractivity contribution is 0.0830. The Balaban J connectivity index is 1.83. The molecule has 0 radical (unpaired) electrons. The van der Waals surface area contributed by atoms with Gasteiger partial charge in [-0.1, -0.05) is 5.16 Å². The number of hydrogen-bond donors (Lipinski definition) is 1. The molecule has 2 N–H and O–H groups in total. The van der Waals surface area contributed by atoms with Gasteiger partial charge in [0.05, 0.1) is 5.69 Å². The minimum Gasteiger partial charge on any atom is -0.381 e. The highest BCUT2D eigenvalue weighted by atomic mass is 16.5. The van der Waals surface area contributed by atoms with Crippen LogP contribution >= 0.6 is 0 Å². The van der Waals surface area contributed by atoms with Gasteiger partial charge in [-0.15, -0.1) is 0 Å². The van der Waals surface area contributed by atoms with Gasteiger partial charge in [0.2, 0.25) is 0 Å². The van der Waals surface area contributed by atoms with E-state index in [1.807, 2.05) is 12.1 Å². The zero-order valence-electron chi connectivity index (χ0n) is 10.6. The molecule has 1 fully saturated rings. The third kappa shape index (κ3) is 2.64. The van der Waals surface area contributed by atoms with Crippen LogP contribution in [-0.4, -0.2) is 28.3 Å². The maximum atomic E-state index is 5.58. The van der Waals surface area contributed by atoms with Crippen LogP contribution in [0.4, 0.5) is 0 Å². The monoisotopic (exact) mass is 260 g/mol. The molecule has 6 nitrogen and oxygen atoms in total. The van der Waals surface area contributed by atoms with Crippen molar-refractivity contribution in [3.8, 4) is 11.5 Å². The third-order valence-electron chi connectivity index (χ3n) is 3.30. The first-order valence-corrected chi connectivity index (χ1v) is 6.43. The number of rotatable bonds is 3. The van der Waals surface area contributed by atoms with E-state index >= 15 is 0 Å². The Labute approximate surface area is 111 Å². The van der Waals surface area contributed by atoms with E-state index in [0.29, 0.717) is 18.4 Å². The quantitative estimate of drug-likeness (QED) is 0.899. The van der Waals surface area contributed by atoms with Crippen molar-refractivity contribution < 1.29 is 9.26 Å². The molecule has 3 heterocycles. The van der Waals surface area contributed by atoms with Gasteiger partial charge in [-0.25, -0.2) is 0 Å². The zero-order valence-corrected chi connectivity index (χ0v) is 10.6. The van der Waals surface area contributed by atoms with Crippen LogP contribution < -0.4 is 5.73 Å². The van der Waals surface area contributed by atoms with Crippen molar-refractivity contribution >= 4 is 0 Å². The van der Waals surface area contributed by atoms with Gasteiger partial charge in [0.1, 0.15) is 0 Å². The Hall–Kier alpha value is -1.79. The lowest BCUT2D eigenvalue weighted by Gasteiger charge is -2.18.